The Labute approximate surface area is 373 Å². The first-order chi connectivity index (χ1) is 30.9. The molecule has 4 heterocycles. The van der Waals surface area contributed by atoms with Gasteiger partial charge < -0.3 is 53.1 Å². The molecule has 0 amide bonds. The lowest BCUT2D eigenvalue weighted by Crippen LogP contribution is -2.14. The van der Waals surface area contributed by atoms with E-state index in [2.05, 4.69) is 38.8 Å². The SMILES string of the molecule is CCc1c2[nH]c(c1CC)CC1N=C(C=Nc3cc(OCCOCCOCCOC)c(OCCOCCOCCOC)cc3N=CC3=NC(=C2)C(CCCO)=C3C)C(C)=C1CCCO. The van der Waals surface area contributed by atoms with Crippen LogP contribution in [-0.4, -0.2) is 152 Å². The van der Waals surface area contributed by atoms with E-state index in [4.69, 9.17) is 57.9 Å². The van der Waals surface area contributed by atoms with E-state index in [1.807, 2.05) is 18.3 Å². The third-order valence-electron chi connectivity index (χ3n) is 11.1. The first-order valence-electron chi connectivity index (χ1n) is 22.4. The zero-order chi connectivity index (χ0) is 44.8. The Balaban J connectivity index is 1.54. The van der Waals surface area contributed by atoms with Gasteiger partial charge in [0.05, 0.1) is 113 Å². The van der Waals surface area contributed by atoms with Crippen LogP contribution in [0.5, 0.6) is 11.5 Å². The van der Waals surface area contributed by atoms with E-state index in [1.165, 1.54) is 16.7 Å². The summed E-state index contributed by atoms with van der Waals surface area (Å²) in [5, 5.41) is 19.7. The predicted octanol–water partition coefficient (Wildman–Crippen LogP) is 6.71. The van der Waals surface area contributed by atoms with E-state index in [9.17, 15) is 10.2 Å². The number of aromatic nitrogens is 1. The van der Waals surface area contributed by atoms with E-state index in [0.717, 1.165) is 64.5 Å². The van der Waals surface area contributed by atoms with Crippen LogP contribution >= 0.6 is 0 Å². The monoisotopic (exact) mass is 876 g/mol. The molecule has 6 bridgehead atoms. The van der Waals surface area contributed by atoms with Crippen molar-refractivity contribution in [3.8, 4) is 11.5 Å². The number of aliphatic imine (C=N–C) groups is 4. The van der Waals surface area contributed by atoms with Crippen LogP contribution in [0.3, 0.4) is 0 Å². The van der Waals surface area contributed by atoms with Gasteiger partial charge in [-0.25, -0.2) is 4.99 Å². The molecule has 3 aliphatic heterocycles. The highest BCUT2D eigenvalue weighted by molar-refractivity contribution is 6.40. The van der Waals surface area contributed by atoms with Gasteiger partial charge in [0.2, 0.25) is 0 Å². The van der Waals surface area contributed by atoms with Gasteiger partial charge in [0, 0.05) is 57.4 Å². The molecule has 0 radical (unpaired) electrons. The first-order valence-corrected chi connectivity index (χ1v) is 22.4. The van der Waals surface area contributed by atoms with Crippen LogP contribution in [0.2, 0.25) is 0 Å². The number of H-pyrrole nitrogens is 1. The number of ether oxygens (including phenoxy) is 8. The van der Waals surface area contributed by atoms with Crippen molar-refractivity contribution in [2.75, 3.05) is 107 Å². The van der Waals surface area contributed by atoms with Crippen molar-refractivity contribution < 1.29 is 48.1 Å². The number of nitrogens with zero attached hydrogens (tertiary/aromatic N) is 4. The Morgan fingerprint density at radius 3 is 1.71 bits per heavy atom. The molecule has 3 aliphatic rings. The summed E-state index contributed by atoms with van der Waals surface area (Å²) in [6.45, 7) is 13.7. The molecular weight excluding hydrogens is 807 g/mol. The lowest BCUT2D eigenvalue weighted by atomic mass is 9.93. The number of aliphatic hydroxyl groups excluding tert-OH is 2. The Hall–Kier alpha value is -4.32. The highest BCUT2D eigenvalue weighted by atomic mass is 16.6. The van der Waals surface area contributed by atoms with Gasteiger partial charge >= 0.3 is 0 Å². The molecule has 63 heavy (non-hydrogen) atoms. The van der Waals surface area contributed by atoms with Crippen molar-refractivity contribution in [1.29, 1.82) is 0 Å². The van der Waals surface area contributed by atoms with Crippen LogP contribution < -0.4 is 9.47 Å². The van der Waals surface area contributed by atoms with E-state index >= 15 is 0 Å². The van der Waals surface area contributed by atoms with Crippen LogP contribution in [0.1, 0.15) is 75.9 Å². The summed E-state index contributed by atoms with van der Waals surface area (Å²) in [6.07, 6.45) is 10.9. The van der Waals surface area contributed by atoms with Crippen LogP contribution in [0, 0.1) is 0 Å². The second kappa shape index (κ2) is 27.1. The fourth-order valence-electron chi connectivity index (χ4n) is 7.82. The van der Waals surface area contributed by atoms with Crippen molar-refractivity contribution in [1.82, 2.24) is 4.98 Å². The Morgan fingerprint density at radius 2 is 1.17 bits per heavy atom. The zero-order valence-corrected chi connectivity index (χ0v) is 38.3. The third-order valence-corrected chi connectivity index (χ3v) is 11.1. The van der Waals surface area contributed by atoms with Crippen molar-refractivity contribution in [3.63, 3.8) is 0 Å². The standard InChI is InChI=1S/C48H69N5O10/c1-7-35-36(8-2)40-28-42-38(12-10-14-55)34(4)46(53-42)32-50-44-30-48(63-26-24-61-22-20-59-18-16-57-6)47(62-25-23-60-21-19-58-17-15-56-5)29-43(44)49-31-45-33(3)37(11-9-13-54)41(52-45)27-39(35)51-40/h27,29-32,42,51,54-55H,7-26,28H2,1-6H3. The Kier molecular flexibility index (Phi) is 21.4. The second-order valence-corrected chi connectivity index (χ2v) is 15.3. The van der Waals surface area contributed by atoms with E-state index in [1.54, 1.807) is 20.4 Å². The summed E-state index contributed by atoms with van der Waals surface area (Å²) < 4.78 is 45.3. The summed E-state index contributed by atoms with van der Waals surface area (Å²) >= 11 is 0. The van der Waals surface area contributed by atoms with Gasteiger partial charge in [-0.2, -0.15) is 0 Å². The summed E-state index contributed by atoms with van der Waals surface area (Å²) in [4.78, 5) is 24.3. The minimum atomic E-state index is -0.113. The zero-order valence-electron chi connectivity index (χ0n) is 38.3. The third kappa shape index (κ3) is 14.3. The number of nitrogens with one attached hydrogen (secondary N) is 1. The molecule has 15 heteroatoms. The molecule has 0 saturated heterocycles. The Bertz CT molecular complexity index is 2000. The highest BCUT2D eigenvalue weighted by Crippen LogP contribution is 2.41. The van der Waals surface area contributed by atoms with Crippen molar-refractivity contribution in [3.05, 3.63) is 62.6 Å². The summed E-state index contributed by atoms with van der Waals surface area (Å²) in [7, 11) is 3.28. The smallest absolute Gasteiger partial charge is 0.163 e. The number of aliphatic hydroxyl groups is 2. The summed E-state index contributed by atoms with van der Waals surface area (Å²) in [6, 6.07) is 3.55. The van der Waals surface area contributed by atoms with Crippen LogP contribution in [0.4, 0.5) is 11.4 Å². The highest BCUT2D eigenvalue weighted by Gasteiger charge is 2.28. The van der Waals surface area contributed by atoms with Gasteiger partial charge in [-0.1, -0.05) is 13.8 Å². The van der Waals surface area contributed by atoms with Crippen LogP contribution in [0.15, 0.2) is 60.1 Å². The minimum Gasteiger partial charge on any atom is -0.487 e. The molecule has 0 saturated carbocycles. The topological polar surface area (TPSA) is 180 Å². The molecule has 0 fully saturated rings. The van der Waals surface area contributed by atoms with Gasteiger partial charge in [-0.05, 0) is 91.9 Å². The molecule has 5 rings (SSSR count). The molecule has 1 aromatic carbocycles. The molecular formula is C48H69N5O10. The van der Waals surface area contributed by atoms with E-state index in [-0.39, 0.29) is 32.5 Å². The van der Waals surface area contributed by atoms with Crippen molar-refractivity contribution >= 4 is 41.3 Å². The second-order valence-electron chi connectivity index (χ2n) is 15.3. The van der Waals surface area contributed by atoms with Gasteiger partial charge in [0.1, 0.15) is 13.2 Å². The number of hydrogen-bond acceptors (Lipinski definition) is 14. The number of aromatic amines is 1. The average molecular weight is 876 g/mol. The molecule has 346 valence electrons. The maximum Gasteiger partial charge on any atom is 0.163 e. The van der Waals surface area contributed by atoms with Gasteiger partial charge in [0.15, 0.2) is 11.5 Å². The molecule has 15 nitrogen and oxygen atoms in total. The van der Waals surface area contributed by atoms with Crippen LogP contribution in [-0.2, 0) is 47.7 Å². The van der Waals surface area contributed by atoms with Gasteiger partial charge in [-0.15, -0.1) is 0 Å². The maximum atomic E-state index is 9.88. The molecule has 0 spiro atoms. The number of allylic oxidation sites excluding steroid dienone is 3. The molecule has 2 aromatic rings. The Morgan fingerprint density at radius 1 is 0.651 bits per heavy atom. The first kappa shape index (κ1) is 49.7. The fraction of sp³-hybridized carbons (Fsp3) is 0.583. The molecule has 3 N–H and O–H groups in total. The molecule has 1 atom stereocenters. The summed E-state index contributed by atoms with van der Waals surface area (Å²) in [5.41, 5.74) is 12.6. The molecule has 1 aromatic heterocycles. The number of hydrogen-bond donors (Lipinski definition) is 3. The summed E-state index contributed by atoms with van der Waals surface area (Å²) in [5.74, 6) is 0.949. The van der Waals surface area contributed by atoms with E-state index < -0.39 is 0 Å². The maximum absolute atomic E-state index is 9.88. The minimum absolute atomic E-state index is 0.0803. The number of benzene rings is 1. The van der Waals surface area contributed by atoms with Gasteiger partial charge in [-0.3, -0.25) is 15.0 Å². The molecule has 0 aliphatic carbocycles. The lowest BCUT2D eigenvalue weighted by molar-refractivity contribution is 0.0160. The predicted molar refractivity (Wildman–Crippen MR) is 249 cm³/mol. The van der Waals surface area contributed by atoms with Gasteiger partial charge in [0.25, 0.3) is 0 Å². The average Bonchev–Trinajstić information content (AvgIpc) is 3.89. The molecule has 1 unspecified atom stereocenters. The number of methoxy groups -OCH3 is 2. The van der Waals surface area contributed by atoms with Crippen LogP contribution in [0.25, 0.3) is 6.08 Å². The lowest BCUT2D eigenvalue weighted by Gasteiger charge is -2.15. The van der Waals surface area contributed by atoms with E-state index in [0.29, 0.717) is 115 Å². The largest absolute Gasteiger partial charge is 0.487 e. The normalized spacial score (nSPS) is 16.1. The number of fused-ring (bicyclic) bond motifs is 5. The quantitative estimate of drug-likeness (QED) is 0.0778. The fourth-order valence-corrected chi connectivity index (χ4v) is 7.82. The van der Waals surface area contributed by atoms with Crippen molar-refractivity contribution in [2.24, 2.45) is 20.0 Å². The van der Waals surface area contributed by atoms with Crippen molar-refractivity contribution in [2.45, 2.75) is 78.7 Å². The number of rotatable bonds is 28.